The summed E-state index contributed by atoms with van der Waals surface area (Å²) in [4.78, 5) is 25.6. The molecule has 0 heterocycles. The third-order valence-corrected chi connectivity index (χ3v) is 4.55. The van der Waals surface area contributed by atoms with Gasteiger partial charge in [0.15, 0.2) is 0 Å². The van der Waals surface area contributed by atoms with Gasteiger partial charge in [-0.3, -0.25) is 9.59 Å². The van der Waals surface area contributed by atoms with E-state index in [1.54, 1.807) is 24.5 Å². The van der Waals surface area contributed by atoms with Gasteiger partial charge < -0.3 is 19.5 Å². The Bertz CT molecular complexity index is 821. The predicted molar refractivity (Wildman–Crippen MR) is 100 cm³/mol. The number of nitrogens with zero attached hydrogens (tertiary/aromatic N) is 1. The first-order chi connectivity index (χ1) is 12.9. The number of thioether (sulfide) groups is 1. The number of halogens is 1. The van der Waals surface area contributed by atoms with Crippen molar-refractivity contribution >= 4 is 23.6 Å². The van der Waals surface area contributed by atoms with Crippen LogP contribution in [0.25, 0.3) is 0 Å². The number of aliphatic carboxylic acids is 1. The van der Waals surface area contributed by atoms with Crippen molar-refractivity contribution in [1.82, 2.24) is 4.90 Å². The minimum atomic E-state index is -1.15. The lowest BCUT2D eigenvalue weighted by Gasteiger charge is -2.22. The molecule has 0 radical (unpaired) electrons. The van der Waals surface area contributed by atoms with E-state index in [0.29, 0.717) is 22.0 Å². The number of ether oxygens (including phenoxy) is 2. The van der Waals surface area contributed by atoms with Gasteiger partial charge in [0.2, 0.25) is 0 Å². The lowest BCUT2D eigenvalue weighted by atomic mass is 10.1. The van der Waals surface area contributed by atoms with Crippen molar-refractivity contribution < 1.29 is 28.6 Å². The van der Waals surface area contributed by atoms with Crippen LogP contribution in [-0.2, 0) is 11.3 Å². The average Bonchev–Trinajstić information content (AvgIpc) is 2.66. The molecule has 0 atom stereocenters. The molecule has 0 saturated carbocycles. The molecule has 0 unspecified atom stereocenters. The first kappa shape index (κ1) is 20.6. The van der Waals surface area contributed by atoms with Gasteiger partial charge in [-0.1, -0.05) is 0 Å². The summed E-state index contributed by atoms with van der Waals surface area (Å²) >= 11 is 1.17. The summed E-state index contributed by atoms with van der Waals surface area (Å²) in [5, 5.41) is 9.20. The van der Waals surface area contributed by atoms with E-state index in [1.165, 1.54) is 49.1 Å². The maximum Gasteiger partial charge on any atom is 0.323 e. The second-order valence-electron chi connectivity index (χ2n) is 5.63. The highest BCUT2D eigenvalue weighted by Crippen LogP contribution is 2.25. The van der Waals surface area contributed by atoms with Crippen LogP contribution in [0, 0.1) is 5.82 Å². The zero-order chi connectivity index (χ0) is 20.0. The molecule has 2 aromatic carbocycles. The van der Waals surface area contributed by atoms with Gasteiger partial charge in [0, 0.05) is 23.1 Å². The van der Waals surface area contributed by atoms with Crippen LogP contribution in [0.4, 0.5) is 4.39 Å². The molecular weight excluding hydrogens is 373 g/mol. The van der Waals surface area contributed by atoms with Gasteiger partial charge in [0.1, 0.15) is 23.9 Å². The number of benzene rings is 2. The third-order valence-electron chi connectivity index (χ3n) is 3.80. The van der Waals surface area contributed by atoms with Crippen LogP contribution in [0.3, 0.4) is 0 Å². The fraction of sp³-hybridized carbons (Fsp3) is 0.263. The van der Waals surface area contributed by atoms with Crippen LogP contribution in [0.2, 0.25) is 0 Å². The summed E-state index contributed by atoms with van der Waals surface area (Å²) in [6.07, 6.45) is 1.70. The standard InChI is InChI=1S/C19H20FNO5S/c1-25-14-6-12(7-15(9-14)26-2)10-21(11-18(22)23)19(24)13-4-5-16(20)17(8-13)27-3/h4-9H,10-11H2,1-3H3,(H,22,23). The molecule has 2 aromatic rings. The predicted octanol–water partition coefficient (Wildman–Crippen LogP) is 3.29. The Balaban J connectivity index is 2.35. The number of hydrogen-bond acceptors (Lipinski definition) is 5. The van der Waals surface area contributed by atoms with Gasteiger partial charge in [-0.05, 0) is 42.2 Å². The fourth-order valence-electron chi connectivity index (χ4n) is 2.52. The Kier molecular flexibility index (Phi) is 7.06. The van der Waals surface area contributed by atoms with Crippen LogP contribution >= 0.6 is 11.8 Å². The summed E-state index contributed by atoms with van der Waals surface area (Å²) in [6.45, 7) is -0.463. The molecule has 0 fully saturated rings. The zero-order valence-electron chi connectivity index (χ0n) is 15.2. The maximum absolute atomic E-state index is 13.7. The third kappa shape index (κ3) is 5.37. The summed E-state index contributed by atoms with van der Waals surface area (Å²) in [7, 11) is 3.00. The number of carboxylic acids is 1. The van der Waals surface area contributed by atoms with Crippen LogP contribution in [-0.4, -0.2) is 48.9 Å². The molecule has 1 N–H and O–H groups in total. The van der Waals surface area contributed by atoms with Crippen molar-refractivity contribution in [1.29, 1.82) is 0 Å². The van der Waals surface area contributed by atoms with E-state index in [1.807, 2.05) is 0 Å². The number of methoxy groups -OCH3 is 2. The van der Waals surface area contributed by atoms with Gasteiger partial charge in [-0.2, -0.15) is 0 Å². The molecule has 27 heavy (non-hydrogen) atoms. The Morgan fingerprint density at radius 1 is 1.11 bits per heavy atom. The molecule has 0 spiro atoms. The molecule has 1 amide bonds. The van der Waals surface area contributed by atoms with Gasteiger partial charge >= 0.3 is 5.97 Å². The topological polar surface area (TPSA) is 76.1 Å². The molecule has 0 aliphatic heterocycles. The van der Waals surface area contributed by atoms with E-state index in [4.69, 9.17) is 9.47 Å². The van der Waals surface area contributed by atoms with Crippen molar-refractivity contribution in [2.75, 3.05) is 27.0 Å². The molecule has 8 heteroatoms. The van der Waals surface area contributed by atoms with Crippen LogP contribution < -0.4 is 9.47 Å². The first-order valence-electron chi connectivity index (χ1n) is 7.94. The van der Waals surface area contributed by atoms with Gasteiger partial charge in [-0.15, -0.1) is 11.8 Å². The summed E-state index contributed by atoms with van der Waals surface area (Å²) < 4.78 is 24.1. The smallest absolute Gasteiger partial charge is 0.323 e. The molecule has 6 nitrogen and oxygen atoms in total. The van der Waals surface area contributed by atoms with Gasteiger partial charge in [0.25, 0.3) is 5.91 Å². The lowest BCUT2D eigenvalue weighted by Crippen LogP contribution is -2.35. The number of rotatable bonds is 8. The van der Waals surface area contributed by atoms with Crippen LogP contribution in [0.15, 0.2) is 41.3 Å². The fourth-order valence-corrected chi connectivity index (χ4v) is 3.02. The molecule has 0 aromatic heterocycles. The van der Waals surface area contributed by atoms with Crippen molar-refractivity contribution in [3.63, 3.8) is 0 Å². The summed E-state index contributed by atoms with van der Waals surface area (Å²) in [5.41, 5.74) is 0.866. The normalized spacial score (nSPS) is 10.4. The van der Waals surface area contributed by atoms with Crippen molar-refractivity contribution in [2.24, 2.45) is 0 Å². The molecule has 2 rings (SSSR count). The second-order valence-corrected chi connectivity index (χ2v) is 6.47. The lowest BCUT2D eigenvalue weighted by molar-refractivity contribution is -0.137. The van der Waals surface area contributed by atoms with Crippen LogP contribution in [0.1, 0.15) is 15.9 Å². The van der Waals surface area contributed by atoms with E-state index >= 15 is 0 Å². The van der Waals surface area contributed by atoms with Crippen molar-refractivity contribution in [2.45, 2.75) is 11.4 Å². The highest BCUT2D eigenvalue weighted by Gasteiger charge is 2.21. The summed E-state index contributed by atoms with van der Waals surface area (Å²) in [6, 6.07) is 9.04. The number of hydrogen-bond donors (Lipinski definition) is 1. The highest BCUT2D eigenvalue weighted by molar-refractivity contribution is 7.98. The number of carboxylic acid groups (broad SMARTS) is 1. The molecule has 0 aliphatic rings. The van der Waals surface area contributed by atoms with Gasteiger partial charge in [0.05, 0.1) is 14.2 Å². The summed E-state index contributed by atoms with van der Waals surface area (Å²) in [5.74, 6) is -1.03. The quantitative estimate of drug-likeness (QED) is 0.694. The van der Waals surface area contributed by atoms with Crippen molar-refractivity contribution in [3.8, 4) is 11.5 Å². The van der Waals surface area contributed by atoms with E-state index in [0.717, 1.165) is 0 Å². The molecular formula is C19H20FNO5S. The SMILES string of the molecule is COc1cc(CN(CC(=O)O)C(=O)c2ccc(F)c(SC)c2)cc(OC)c1. The largest absolute Gasteiger partial charge is 0.497 e. The Hall–Kier alpha value is -2.74. The second kappa shape index (κ2) is 9.27. The maximum atomic E-state index is 13.7. The van der Waals surface area contributed by atoms with Crippen LogP contribution in [0.5, 0.6) is 11.5 Å². The Morgan fingerprint density at radius 3 is 2.26 bits per heavy atom. The van der Waals surface area contributed by atoms with E-state index in [9.17, 15) is 19.1 Å². The molecule has 144 valence electrons. The van der Waals surface area contributed by atoms with E-state index < -0.39 is 24.2 Å². The van der Waals surface area contributed by atoms with Gasteiger partial charge in [-0.25, -0.2) is 4.39 Å². The highest BCUT2D eigenvalue weighted by atomic mass is 32.2. The molecule has 0 aliphatic carbocycles. The Labute approximate surface area is 160 Å². The number of carbonyl (C=O) groups excluding carboxylic acids is 1. The minimum absolute atomic E-state index is 0.0324. The van der Waals surface area contributed by atoms with Crippen molar-refractivity contribution in [3.05, 3.63) is 53.3 Å². The number of carbonyl (C=O) groups is 2. The van der Waals surface area contributed by atoms with E-state index in [2.05, 4.69) is 0 Å². The number of amides is 1. The monoisotopic (exact) mass is 393 g/mol. The zero-order valence-corrected chi connectivity index (χ0v) is 16.0. The minimum Gasteiger partial charge on any atom is -0.497 e. The molecule has 0 bridgehead atoms. The Morgan fingerprint density at radius 2 is 1.74 bits per heavy atom. The van der Waals surface area contributed by atoms with E-state index in [-0.39, 0.29) is 12.1 Å². The molecule has 0 saturated heterocycles. The first-order valence-corrected chi connectivity index (χ1v) is 9.17. The average molecular weight is 393 g/mol.